The van der Waals surface area contributed by atoms with Crippen molar-refractivity contribution in [3.8, 4) is 5.75 Å². The van der Waals surface area contributed by atoms with Crippen molar-refractivity contribution in [1.29, 1.82) is 0 Å². The van der Waals surface area contributed by atoms with Crippen molar-refractivity contribution in [3.05, 3.63) is 53.6 Å². The van der Waals surface area contributed by atoms with Crippen LogP contribution in [-0.2, 0) is 0 Å². The lowest BCUT2D eigenvalue weighted by atomic mass is 10.1. The Balaban J connectivity index is 2.17. The van der Waals surface area contributed by atoms with Crippen LogP contribution in [0.15, 0.2) is 42.5 Å². The zero-order valence-corrected chi connectivity index (χ0v) is 10.9. The predicted molar refractivity (Wildman–Crippen MR) is 76.5 cm³/mol. The van der Waals surface area contributed by atoms with Gasteiger partial charge in [0.15, 0.2) is 0 Å². The van der Waals surface area contributed by atoms with Gasteiger partial charge in [-0.1, -0.05) is 17.7 Å². The Kier molecular flexibility index (Phi) is 3.71. The van der Waals surface area contributed by atoms with Crippen LogP contribution >= 0.6 is 0 Å². The second-order valence-corrected chi connectivity index (χ2v) is 4.27. The normalized spacial score (nSPS) is 10.0. The van der Waals surface area contributed by atoms with Gasteiger partial charge in [0.25, 0.3) is 5.91 Å². The molecular weight excluding hydrogens is 240 g/mol. The second-order valence-electron chi connectivity index (χ2n) is 4.27. The summed E-state index contributed by atoms with van der Waals surface area (Å²) in [5.74, 6) is 0.475. The molecule has 98 valence electrons. The smallest absolute Gasteiger partial charge is 0.255 e. The van der Waals surface area contributed by atoms with Gasteiger partial charge in [-0.2, -0.15) is 0 Å². The number of hydrogen-bond acceptors (Lipinski definition) is 3. The molecule has 2 aromatic carbocycles. The fraction of sp³-hybridized carbons (Fsp3) is 0.133. The molecule has 0 aliphatic rings. The largest absolute Gasteiger partial charge is 0.497 e. The number of benzene rings is 2. The molecule has 0 bridgehead atoms. The SMILES string of the molecule is COc1ccc(NC(=O)c2ccc(C)cc2)c(N)c1. The highest BCUT2D eigenvalue weighted by atomic mass is 16.5. The average Bonchev–Trinajstić information content (AvgIpc) is 2.41. The van der Waals surface area contributed by atoms with E-state index in [2.05, 4.69) is 5.32 Å². The number of nitrogens with one attached hydrogen (secondary N) is 1. The molecule has 2 rings (SSSR count). The van der Waals surface area contributed by atoms with Gasteiger partial charge >= 0.3 is 0 Å². The summed E-state index contributed by atoms with van der Waals surface area (Å²) in [5.41, 5.74) is 8.61. The van der Waals surface area contributed by atoms with Crippen molar-refractivity contribution in [2.45, 2.75) is 6.92 Å². The first-order valence-corrected chi connectivity index (χ1v) is 5.91. The number of carbonyl (C=O) groups excluding carboxylic acids is 1. The highest BCUT2D eigenvalue weighted by Crippen LogP contribution is 2.24. The Morgan fingerprint density at radius 3 is 2.42 bits per heavy atom. The highest BCUT2D eigenvalue weighted by Gasteiger charge is 2.08. The predicted octanol–water partition coefficient (Wildman–Crippen LogP) is 2.84. The number of aryl methyl sites for hydroxylation is 1. The monoisotopic (exact) mass is 256 g/mol. The van der Waals surface area contributed by atoms with Gasteiger partial charge in [0.05, 0.1) is 18.5 Å². The first-order valence-electron chi connectivity index (χ1n) is 5.91. The molecule has 0 aliphatic heterocycles. The van der Waals surface area contributed by atoms with Crippen molar-refractivity contribution in [1.82, 2.24) is 0 Å². The van der Waals surface area contributed by atoms with Gasteiger partial charge in [0, 0.05) is 11.6 Å². The molecule has 0 heterocycles. The number of ether oxygens (including phenoxy) is 1. The lowest BCUT2D eigenvalue weighted by molar-refractivity contribution is 0.102. The van der Waals surface area contributed by atoms with E-state index >= 15 is 0 Å². The molecule has 4 nitrogen and oxygen atoms in total. The highest BCUT2D eigenvalue weighted by molar-refractivity contribution is 6.05. The van der Waals surface area contributed by atoms with Crippen LogP contribution in [-0.4, -0.2) is 13.0 Å². The topological polar surface area (TPSA) is 64.3 Å². The molecule has 0 saturated carbocycles. The first kappa shape index (κ1) is 13.0. The third kappa shape index (κ3) is 3.04. The number of amides is 1. The fourth-order valence-corrected chi connectivity index (χ4v) is 1.68. The maximum Gasteiger partial charge on any atom is 0.255 e. The van der Waals surface area contributed by atoms with Crippen molar-refractivity contribution in [2.24, 2.45) is 0 Å². The minimum atomic E-state index is -0.183. The van der Waals surface area contributed by atoms with Crippen LogP contribution in [0.4, 0.5) is 11.4 Å². The molecule has 3 N–H and O–H groups in total. The Labute approximate surface area is 112 Å². The van der Waals surface area contributed by atoms with Crippen LogP contribution in [0.1, 0.15) is 15.9 Å². The maximum absolute atomic E-state index is 12.0. The second kappa shape index (κ2) is 5.44. The molecule has 0 aliphatic carbocycles. The van der Waals surface area contributed by atoms with Crippen LogP contribution in [0.2, 0.25) is 0 Å². The van der Waals surface area contributed by atoms with Crippen molar-refractivity contribution in [2.75, 3.05) is 18.2 Å². The summed E-state index contributed by atoms with van der Waals surface area (Å²) >= 11 is 0. The van der Waals surface area contributed by atoms with Gasteiger partial charge in [-0.15, -0.1) is 0 Å². The summed E-state index contributed by atoms with van der Waals surface area (Å²) in [6, 6.07) is 12.5. The standard InChI is InChI=1S/C15H16N2O2/c1-10-3-5-11(6-4-10)15(18)17-14-8-7-12(19-2)9-13(14)16/h3-9H,16H2,1-2H3,(H,17,18). The Morgan fingerprint density at radius 2 is 1.84 bits per heavy atom. The van der Waals surface area contributed by atoms with Crippen LogP contribution in [0.5, 0.6) is 5.75 Å². The molecule has 0 unspecified atom stereocenters. The summed E-state index contributed by atoms with van der Waals surface area (Å²) in [7, 11) is 1.57. The molecule has 1 amide bonds. The molecule has 0 atom stereocenters. The van der Waals surface area contributed by atoms with Crippen molar-refractivity contribution < 1.29 is 9.53 Å². The third-order valence-electron chi connectivity index (χ3n) is 2.82. The Hall–Kier alpha value is -2.49. The number of carbonyl (C=O) groups is 1. The van der Waals surface area contributed by atoms with E-state index in [1.807, 2.05) is 19.1 Å². The van der Waals surface area contributed by atoms with Gasteiger partial charge in [0.2, 0.25) is 0 Å². The van der Waals surface area contributed by atoms with E-state index in [1.165, 1.54) is 0 Å². The number of nitrogens with two attached hydrogens (primary N) is 1. The molecule has 0 aromatic heterocycles. The zero-order chi connectivity index (χ0) is 13.8. The van der Waals surface area contributed by atoms with E-state index in [-0.39, 0.29) is 5.91 Å². The quantitative estimate of drug-likeness (QED) is 0.830. The molecule has 2 aromatic rings. The average molecular weight is 256 g/mol. The van der Waals surface area contributed by atoms with E-state index in [1.54, 1.807) is 37.4 Å². The first-order chi connectivity index (χ1) is 9.10. The molecule has 0 saturated heterocycles. The molecular formula is C15H16N2O2. The van der Waals surface area contributed by atoms with E-state index in [9.17, 15) is 4.79 Å². The van der Waals surface area contributed by atoms with Crippen LogP contribution in [0.3, 0.4) is 0 Å². The van der Waals surface area contributed by atoms with Crippen LogP contribution in [0.25, 0.3) is 0 Å². The fourth-order valence-electron chi connectivity index (χ4n) is 1.68. The number of hydrogen-bond donors (Lipinski definition) is 2. The molecule has 19 heavy (non-hydrogen) atoms. The zero-order valence-electron chi connectivity index (χ0n) is 10.9. The summed E-state index contributed by atoms with van der Waals surface area (Å²) in [4.78, 5) is 12.0. The van der Waals surface area contributed by atoms with Crippen LogP contribution < -0.4 is 15.8 Å². The minimum Gasteiger partial charge on any atom is -0.497 e. The molecule has 0 radical (unpaired) electrons. The third-order valence-corrected chi connectivity index (χ3v) is 2.82. The number of nitrogen functional groups attached to an aromatic ring is 1. The summed E-state index contributed by atoms with van der Waals surface area (Å²) in [6.45, 7) is 1.98. The van der Waals surface area contributed by atoms with Crippen LogP contribution in [0, 0.1) is 6.92 Å². The Bertz CT molecular complexity index is 592. The minimum absolute atomic E-state index is 0.183. The summed E-state index contributed by atoms with van der Waals surface area (Å²) < 4.78 is 5.06. The molecule has 0 fully saturated rings. The van der Waals surface area contributed by atoms with Gasteiger partial charge in [-0.3, -0.25) is 4.79 Å². The number of rotatable bonds is 3. The lowest BCUT2D eigenvalue weighted by Crippen LogP contribution is -2.13. The van der Waals surface area contributed by atoms with E-state index < -0.39 is 0 Å². The van der Waals surface area contributed by atoms with Crippen molar-refractivity contribution >= 4 is 17.3 Å². The summed E-state index contributed by atoms with van der Waals surface area (Å²) in [5, 5.41) is 2.78. The van der Waals surface area contributed by atoms with E-state index in [0.717, 1.165) is 5.56 Å². The van der Waals surface area contributed by atoms with E-state index in [0.29, 0.717) is 22.7 Å². The molecule has 0 spiro atoms. The van der Waals surface area contributed by atoms with E-state index in [4.69, 9.17) is 10.5 Å². The number of methoxy groups -OCH3 is 1. The molecule has 4 heteroatoms. The lowest BCUT2D eigenvalue weighted by Gasteiger charge is -2.09. The van der Waals surface area contributed by atoms with Gasteiger partial charge in [-0.05, 0) is 31.2 Å². The summed E-state index contributed by atoms with van der Waals surface area (Å²) in [6.07, 6.45) is 0. The Morgan fingerprint density at radius 1 is 1.16 bits per heavy atom. The van der Waals surface area contributed by atoms with Gasteiger partial charge < -0.3 is 15.8 Å². The van der Waals surface area contributed by atoms with Gasteiger partial charge in [-0.25, -0.2) is 0 Å². The van der Waals surface area contributed by atoms with Gasteiger partial charge in [0.1, 0.15) is 5.75 Å². The number of anilines is 2. The van der Waals surface area contributed by atoms with Crippen molar-refractivity contribution in [3.63, 3.8) is 0 Å². The maximum atomic E-state index is 12.0.